The molecule has 0 radical (unpaired) electrons. The van der Waals surface area contributed by atoms with E-state index in [1.54, 1.807) is 4.90 Å². The second-order valence-corrected chi connectivity index (χ2v) is 5.07. The summed E-state index contributed by atoms with van der Waals surface area (Å²) in [5, 5.41) is 12.1. The molecule has 1 aliphatic carbocycles. The van der Waals surface area contributed by atoms with Crippen molar-refractivity contribution in [3.63, 3.8) is 0 Å². The van der Waals surface area contributed by atoms with Crippen LogP contribution in [0.1, 0.15) is 18.4 Å². The van der Waals surface area contributed by atoms with E-state index in [0.29, 0.717) is 19.6 Å². The molecule has 1 heterocycles. The third kappa shape index (κ3) is 2.28. The van der Waals surface area contributed by atoms with Crippen LogP contribution in [-0.2, 0) is 11.3 Å². The zero-order valence-corrected chi connectivity index (χ0v) is 10.5. The van der Waals surface area contributed by atoms with E-state index in [1.165, 1.54) is 0 Å². The van der Waals surface area contributed by atoms with Gasteiger partial charge in [0, 0.05) is 24.9 Å². The Labute approximate surface area is 111 Å². The number of hydrogen-bond acceptors (Lipinski definition) is 4. The van der Waals surface area contributed by atoms with Crippen molar-refractivity contribution >= 4 is 11.8 Å². The summed E-state index contributed by atoms with van der Waals surface area (Å²) in [5.74, 6) is 0.208. The summed E-state index contributed by atoms with van der Waals surface area (Å²) in [6.45, 7) is 0.909. The van der Waals surface area contributed by atoms with Gasteiger partial charge in [-0.15, -0.1) is 0 Å². The minimum Gasteiger partial charge on any atom is -0.445 e. The van der Waals surface area contributed by atoms with Gasteiger partial charge < -0.3 is 14.8 Å². The topological polar surface area (TPSA) is 62.1 Å². The van der Waals surface area contributed by atoms with Crippen LogP contribution in [0.5, 0.6) is 0 Å². The molecule has 1 amide bonds. The Kier molecular flexibility index (Phi) is 3.11. The first-order valence-corrected chi connectivity index (χ1v) is 6.46. The summed E-state index contributed by atoms with van der Waals surface area (Å²) >= 11 is 0. The fourth-order valence-electron chi connectivity index (χ4n) is 2.91. The van der Waals surface area contributed by atoms with Crippen molar-refractivity contribution in [2.75, 3.05) is 6.54 Å². The number of oxime groups is 1. The molecule has 2 unspecified atom stereocenters. The molecule has 1 saturated carbocycles. The largest absolute Gasteiger partial charge is 0.445 e. The summed E-state index contributed by atoms with van der Waals surface area (Å²) in [4.78, 5) is 13.8. The Morgan fingerprint density at radius 3 is 2.84 bits per heavy atom. The van der Waals surface area contributed by atoms with E-state index >= 15 is 0 Å². The Hall–Kier alpha value is -2.04. The van der Waals surface area contributed by atoms with Gasteiger partial charge in [0.05, 0.1) is 5.71 Å². The number of likely N-dealkylation sites (tertiary alicyclic amines) is 1. The second-order valence-electron chi connectivity index (χ2n) is 5.07. The predicted molar refractivity (Wildman–Crippen MR) is 69.1 cm³/mol. The molecule has 2 bridgehead atoms. The molecular weight excluding hydrogens is 244 g/mol. The Balaban J connectivity index is 1.56. The van der Waals surface area contributed by atoms with Gasteiger partial charge in [0.2, 0.25) is 0 Å². The van der Waals surface area contributed by atoms with E-state index in [1.807, 2.05) is 30.3 Å². The lowest BCUT2D eigenvalue weighted by molar-refractivity contribution is 0.0908. The Morgan fingerprint density at radius 2 is 2.21 bits per heavy atom. The zero-order valence-electron chi connectivity index (χ0n) is 10.5. The highest BCUT2D eigenvalue weighted by Gasteiger charge is 2.45. The van der Waals surface area contributed by atoms with Crippen molar-refractivity contribution in [2.45, 2.75) is 25.5 Å². The van der Waals surface area contributed by atoms with Gasteiger partial charge in [-0.2, -0.15) is 0 Å². The van der Waals surface area contributed by atoms with E-state index in [2.05, 4.69) is 5.16 Å². The van der Waals surface area contributed by atoms with Crippen LogP contribution < -0.4 is 0 Å². The van der Waals surface area contributed by atoms with E-state index in [9.17, 15) is 4.79 Å². The highest BCUT2D eigenvalue weighted by atomic mass is 16.6. The molecule has 19 heavy (non-hydrogen) atoms. The number of hydrogen-bond donors (Lipinski definition) is 1. The summed E-state index contributed by atoms with van der Waals surface area (Å²) in [7, 11) is 0. The maximum Gasteiger partial charge on any atom is 0.410 e. The normalized spacial score (nSPS) is 26.9. The van der Waals surface area contributed by atoms with Gasteiger partial charge in [-0.05, 0) is 12.0 Å². The monoisotopic (exact) mass is 260 g/mol. The molecular formula is C14H16N2O3. The number of benzene rings is 1. The van der Waals surface area contributed by atoms with Crippen LogP contribution in [0.3, 0.4) is 0 Å². The number of nitrogens with zero attached hydrogens (tertiary/aromatic N) is 2. The zero-order chi connectivity index (χ0) is 13.2. The molecule has 1 aromatic rings. The first kappa shape index (κ1) is 12.0. The first-order valence-electron chi connectivity index (χ1n) is 6.46. The minimum absolute atomic E-state index is 0.138. The van der Waals surface area contributed by atoms with Crippen LogP contribution in [0.2, 0.25) is 0 Å². The fraction of sp³-hybridized carbons (Fsp3) is 0.429. The highest BCUT2D eigenvalue weighted by Crippen LogP contribution is 2.36. The SMILES string of the molecule is O=C(OCc1ccccc1)N1CC2CC1CC2=NO. The molecule has 0 aromatic heterocycles. The van der Waals surface area contributed by atoms with Gasteiger partial charge in [-0.25, -0.2) is 4.79 Å². The van der Waals surface area contributed by atoms with Crippen molar-refractivity contribution in [1.82, 2.24) is 4.90 Å². The van der Waals surface area contributed by atoms with Crippen molar-refractivity contribution in [1.29, 1.82) is 0 Å². The van der Waals surface area contributed by atoms with Crippen molar-refractivity contribution in [3.8, 4) is 0 Å². The maximum absolute atomic E-state index is 12.0. The van der Waals surface area contributed by atoms with Crippen LogP contribution in [0.4, 0.5) is 4.79 Å². The molecule has 1 saturated heterocycles. The number of ether oxygens (including phenoxy) is 1. The third-order valence-electron chi connectivity index (χ3n) is 3.90. The Bertz CT molecular complexity index is 501. The lowest BCUT2D eigenvalue weighted by Gasteiger charge is -2.26. The van der Waals surface area contributed by atoms with Crippen LogP contribution in [0, 0.1) is 5.92 Å². The average molecular weight is 260 g/mol. The van der Waals surface area contributed by atoms with Gasteiger partial charge in [0.25, 0.3) is 0 Å². The third-order valence-corrected chi connectivity index (χ3v) is 3.90. The van der Waals surface area contributed by atoms with E-state index in [-0.39, 0.29) is 18.1 Å². The molecule has 2 aliphatic rings. The molecule has 2 fully saturated rings. The standard InChI is InChI=1S/C14H16N2O3/c17-14(19-9-10-4-2-1-3-5-10)16-8-11-6-12(16)7-13(11)15-18/h1-5,11-12,18H,6-9H2. The summed E-state index contributed by atoms with van der Waals surface area (Å²) < 4.78 is 5.32. The van der Waals surface area contributed by atoms with Gasteiger partial charge >= 0.3 is 6.09 Å². The number of piperidine rings is 1. The summed E-state index contributed by atoms with van der Waals surface area (Å²) in [6.07, 6.45) is 1.29. The smallest absolute Gasteiger partial charge is 0.410 e. The quantitative estimate of drug-likeness (QED) is 0.655. The van der Waals surface area contributed by atoms with Crippen LogP contribution in [0.15, 0.2) is 35.5 Å². The molecule has 1 aromatic carbocycles. The molecule has 0 spiro atoms. The fourth-order valence-corrected chi connectivity index (χ4v) is 2.91. The van der Waals surface area contributed by atoms with Crippen molar-refractivity contribution in [2.24, 2.45) is 11.1 Å². The second kappa shape index (κ2) is 4.91. The maximum atomic E-state index is 12.0. The molecule has 1 N–H and O–H groups in total. The number of carbonyl (C=O) groups excluding carboxylic acids is 1. The van der Waals surface area contributed by atoms with Crippen molar-refractivity contribution < 1.29 is 14.7 Å². The lowest BCUT2D eigenvalue weighted by atomic mass is 10.1. The van der Waals surface area contributed by atoms with Gasteiger partial charge in [-0.1, -0.05) is 35.5 Å². The number of amides is 1. The van der Waals surface area contributed by atoms with E-state index in [4.69, 9.17) is 9.94 Å². The Morgan fingerprint density at radius 1 is 1.42 bits per heavy atom. The number of carbonyl (C=O) groups is 1. The molecule has 3 rings (SSSR count). The van der Waals surface area contributed by atoms with E-state index in [0.717, 1.165) is 17.7 Å². The minimum atomic E-state index is -0.270. The van der Waals surface area contributed by atoms with Crippen LogP contribution in [-0.4, -0.2) is 34.5 Å². The van der Waals surface area contributed by atoms with Crippen molar-refractivity contribution in [3.05, 3.63) is 35.9 Å². The van der Waals surface area contributed by atoms with Crippen LogP contribution >= 0.6 is 0 Å². The average Bonchev–Trinajstić information content (AvgIpc) is 3.05. The molecule has 2 atom stereocenters. The highest BCUT2D eigenvalue weighted by molar-refractivity contribution is 5.91. The first-order chi connectivity index (χ1) is 9.28. The van der Waals surface area contributed by atoms with Crippen LogP contribution in [0.25, 0.3) is 0 Å². The number of fused-ring (bicyclic) bond motifs is 2. The van der Waals surface area contributed by atoms with E-state index < -0.39 is 0 Å². The summed E-state index contributed by atoms with van der Waals surface area (Å²) in [5.41, 5.74) is 1.80. The van der Waals surface area contributed by atoms with Gasteiger partial charge in [0.15, 0.2) is 0 Å². The molecule has 1 aliphatic heterocycles. The predicted octanol–water partition coefficient (Wildman–Crippen LogP) is 2.25. The lowest BCUT2D eigenvalue weighted by Crippen LogP contribution is -2.40. The van der Waals surface area contributed by atoms with Gasteiger partial charge in [0.1, 0.15) is 6.61 Å². The number of rotatable bonds is 2. The molecule has 100 valence electrons. The molecule has 5 heteroatoms. The van der Waals surface area contributed by atoms with Gasteiger partial charge in [-0.3, -0.25) is 0 Å². The summed E-state index contributed by atoms with van der Waals surface area (Å²) in [6, 6.07) is 9.77. The molecule has 5 nitrogen and oxygen atoms in total.